The SMILES string of the molecule is OC(CNC1CCCC1C1COCCN1)c1ccc(F)cc1. The van der Waals surface area contributed by atoms with Crippen molar-refractivity contribution < 1.29 is 14.2 Å². The van der Waals surface area contributed by atoms with Crippen LogP contribution in [0.15, 0.2) is 24.3 Å². The van der Waals surface area contributed by atoms with Gasteiger partial charge in [-0.2, -0.15) is 0 Å². The predicted molar refractivity (Wildman–Crippen MR) is 83.1 cm³/mol. The molecule has 2 fully saturated rings. The number of aliphatic hydroxyl groups excluding tert-OH is 1. The third-order valence-electron chi connectivity index (χ3n) is 4.86. The van der Waals surface area contributed by atoms with Crippen LogP contribution in [-0.2, 0) is 4.74 Å². The molecule has 1 aromatic carbocycles. The molecule has 0 bridgehead atoms. The highest BCUT2D eigenvalue weighted by molar-refractivity contribution is 5.18. The number of hydrogen-bond donors (Lipinski definition) is 3. The third kappa shape index (κ3) is 3.84. The van der Waals surface area contributed by atoms with Gasteiger partial charge < -0.3 is 20.5 Å². The summed E-state index contributed by atoms with van der Waals surface area (Å²) in [5.74, 6) is 0.281. The number of halogens is 1. The Bertz CT molecular complexity index is 462. The summed E-state index contributed by atoms with van der Waals surface area (Å²) in [5.41, 5.74) is 0.752. The zero-order valence-corrected chi connectivity index (χ0v) is 12.8. The highest BCUT2D eigenvalue weighted by Crippen LogP contribution is 2.29. The van der Waals surface area contributed by atoms with Crippen LogP contribution in [0, 0.1) is 11.7 Å². The van der Waals surface area contributed by atoms with Gasteiger partial charge in [-0.1, -0.05) is 18.6 Å². The van der Waals surface area contributed by atoms with Gasteiger partial charge in [0, 0.05) is 25.2 Å². The van der Waals surface area contributed by atoms with Crippen LogP contribution in [0.4, 0.5) is 4.39 Å². The minimum atomic E-state index is -0.600. The van der Waals surface area contributed by atoms with Crippen LogP contribution in [0.5, 0.6) is 0 Å². The van der Waals surface area contributed by atoms with Crippen LogP contribution < -0.4 is 10.6 Å². The fourth-order valence-corrected chi connectivity index (χ4v) is 3.65. The fraction of sp³-hybridized carbons (Fsp3) is 0.647. The van der Waals surface area contributed by atoms with Crippen molar-refractivity contribution in [3.63, 3.8) is 0 Å². The number of morpholine rings is 1. The minimum absolute atomic E-state index is 0.275. The maximum atomic E-state index is 12.9. The second-order valence-corrected chi connectivity index (χ2v) is 6.31. The topological polar surface area (TPSA) is 53.5 Å². The Kier molecular flexibility index (Phi) is 5.41. The average molecular weight is 308 g/mol. The smallest absolute Gasteiger partial charge is 0.123 e. The van der Waals surface area contributed by atoms with E-state index in [2.05, 4.69) is 10.6 Å². The highest BCUT2D eigenvalue weighted by atomic mass is 19.1. The van der Waals surface area contributed by atoms with Gasteiger partial charge in [0.05, 0.1) is 19.3 Å². The van der Waals surface area contributed by atoms with Crippen LogP contribution in [0.25, 0.3) is 0 Å². The second kappa shape index (κ2) is 7.51. The van der Waals surface area contributed by atoms with Gasteiger partial charge in [0.1, 0.15) is 5.82 Å². The molecule has 22 heavy (non-hydrogen) atoms. The van der Waals surface area contributed by atoms with Crippen LogP contribution in [-0.4, -0.2) is 43.5 Å². The lowest BCUT2D eigenvalue weighted by atomic mass is 9.93. The van der Waals surface area contributed by atoms with E-state index in [-0.39, 0.29) is 5.82 Å². The zero-order chi connectivity index (χ0) is 15.4. The Morgan fingerprint density at radius 1 is 1.32 bits per heavy atom. The molecule has 1 heterocycles. The summed E-state index contributed by atoms with van der Waals surface area (Å²) in [4.78, 5) is 0. The summed E-state index contributed by atoms with van der Waals surface area (Å²) in [7, 11) is 0. The van der Waals surface area contributed by atoms with E-state index in [9.17, 15) is 9.50 Å². The Morgan fingerprint density at radius 2 is 2.14 bits per heavy atom. The Labute approximate surface area is 131 Å². The summed E-state index contributed by atoms with van der Waals surface area (Å²) >= 11 is 0. The standard InChI is InChI=1S/C17H25FN2O2/c18-13-6-4-12(5-7-13)17(21)10-20-15-3-1-2-14(15)16-11-22-9-8-19-16/h4-7,14-17,19-21H,1-3,8-11H2. The van der Waals surface area contributed by atoms with E-state index in [1.54, 1.807) is 12.1 Å². The fourth-order valence-electron chi connectivity index (χ4n) is 3.65. The first-order valence-corrected chi connectivity index (χ1v) is 8.22. The Hall–Kier alpha value is -1.01. The van der Waals surface area contributed by atoms with Crippen molar-refractivity contribution in [1.29, 1.82) is 0 Å². The van der Waals surface area contributed by atoms with Gasteiger partial charge in [0.25, 0.3) is 0 Å². The van der Waals surface area contributed by atoms with E-state index >= 15 is 0 Å². The van der Waals surface area contributed by atoms with Crippen molar-refractivity contribution in [2.45, 2.75) is 37.5 Å². The van der Waals surface area contributed by atoms with Crippen LogP contribution >= 0.6 is 0 Å². The molecule has 1 saturated carbocycles. The average Bonchev–Trinajstić information content (AvgIpc) is 3.02. The first-order valence-electron chi connectivity index (χ1n) is 8.22. The van der Waals surface area contributed by atoms with Crippen molar-refractivity contribution >= 4 is 0 Å². The van der Waals surface area contributed by atoms with E-state index < -0.39 is 6.10 Å². The molecule has 1 aromatic rings. The van der Waals surface area contributed by atoms with E-state index in [1.165, 1.54) is 25.0 Å². The molecule has 5 heteroatoms. The summed E-state index contributed by atoms with van der Waals surface area (Å²) < 4.78 is 18.5. The van der Waals surface area contributed by atoms with Gasteiger partial charge in [-0.15, -0.1) is 0 Å². The molecule has 2 aliphatic rings. The molecule has 3 N–H and O–H groups in total. The molecule has 0 aromatic heterocycles. The summed E-state index contributed by atoms with van der Waals surface area (Å²) in [6.07, 6.45) is 2.95. The molecule has 1 aliphatic heterocycles. The number of ether oxygens (including phenoxy) is 1. The maximum absolute atomic E-state index is 12.9. The number of hydrogen-bond acceptors (Lipinski definition) is 4. The van der Waals surface area contributed by atoms with Gasteiger partial charge in [-0.3, -0.25) is 0 Å². The van der Waals surface area contributed by atoms with Gasteiger partial charge in [-0.05, 0) is 36.5 Å². The van der Waals surface area contributed by atoms with Crippen LogP contribution in [0.3, 0.4) is 0 Å². The molecule has 4 unspecified atom stereocenters. The lowest BCUT2D eigenvalue weighted by molar-refractivity contribution is 0.0513. The summed E-state index contributed by atoms with van der Waals surface area (Å²) in [5, 5.41) is 17.3. The molecule has 3 rings (SSSR count). The molecule has 1 aliphatic carbocycles. The lowest BCUT2D eigenvalue weighted by Gasteiger charge is -2.33. The molecular formula is C17H25FN2O2. The van der Waals surface area contributed by atoms with E-state index in [0.29, 0.717) is 24.5 Å². The van der Waals surface area contributed by atoms with Gasteiger partial charge in [0.15, 0.2) is 0 Å². The van der Waals surface area contributed by atoms with E-state index in [0.717, 1.165) is 31.7 Å². The molecule has 0 spiro atoms. The number of aliphatic hydroxyl groups is 1. The molecular weight excluding hydrogens is 283 g/mol. The monoisotopic (exact) mass is 308 g/mol. The van der Waals surface area contributed by atoms with Gasteiger partial charge in [-0.25, -0.2) is 4.39 Å². The number of nitrogens with one attached hydrogen (secondary N) is 2. The van der Waals surface area contributed by atoms with Crippen molar-refractivity contribution in [1.82, 2.24) is 10.6 Å². The van der Waals surface area contributed by atoms with Crippen molar-refractivity contribution in [2.24, 2.45) is 5.92 Å². The normalized spacial score (nSPS) is 30.4. The van der Waals surface area contributed by atoms with Crippen LogP contribution in [0.2, 0.25) is 0 Å². The first kappa shape index (κ1) is 15.9. The predicted octanol–water partition coefficient (Wildman–Crippen LogP) is 1.61. The quantitative estimate of drug-likeness (QED) is 0.773. The second-order valence-electron chi connectivity index (χ2n) is 6.31. The largest absolute Gasteiger partial charge is 0.387 e. The van der Waals surface area contributed by atoms with Crippen molar-refractivity contribution in [3.05, 3.63) is 35.6 Å². The zero-order valence-electron chi connectivity index (χ0n) is 12.8. The first-order chi connectivity index (χ1) is 10.7. The van der Waals surface area contributed by atoms with Crippen molar-refractivity contribution in [3.8, 4) is 0 Å². The minimum Gasteiger partial charge on any atom is -0.387 e. The molecule has 4 nitrogen and oxygen atoms in total. The van der Waals surface area contributed by atoms with Crippen molar-refractivity contribution in [2.75, 3.05) is 26.3 Å². The van der Waals surface area contributed by atoms with E-state index in [1.807, 2.05) is 0 Å². The molecule has 0 amide bonds. The highest BCUT2D eigenvalue weighted by Gasteiger charge is 2.34. The summed E-state index contributed by atoms with van der Waals surface area (Å²) in [6, 6.07) is 6.89. The summed E-state index contributed by atoms with van der Waals surface area (Å²) in [6.45, 7) is 3.00. The molecule has 4 atom stereocenters. The van der Waals surface area contributed by atoms with Gasteiger partial charge >= 0.3 is 0 Å². The molecule has 0 radical (unpaired) electrons. The third-order valence-corrected chi connectivity index (χ3v) is 4.86. The van der Waals surface area contributed by atoms with E-state index in [4.69, 9.17) is 4.74 Å². The lowest BCUT2D eigenvalue weighted by Crippen LogP contribution is -2.51. The number of rotatable bonds is 5. The molecule has 122 valence electrons. The molecule has 1 saturated heterocycles. The maximum Gasteiger partial charge on any atom is 0.123 e. The van der Waals surface area contributed by atoms with Crippen LogP contribution in [0.1, 0.15) is 30.9 Å². The number of benzene rings is 1. The van der Waals surface area contributed by atoms with Gasteiger partial charge in [0.2, 0.25) is 0 Å². The Balaban J connectivity index is 1.52. The Morgan fingerprint density at radius 3 is 2.86 bits per heavy atom.